The molecule has 0 aliphatic carbocycles. The zero-order chi connectivity index (χ0) is 13.8. The van der Waals surface area contributed by atoms with Gasteiger partial charge in [-0.2, -0.15) is 0 Å². The molecular formula is C12H22N4O3. The number of carbonyl (C=O) groups is 2. The number of aliphatic hydroxyl groups excluding tert-OH is 1. The lowest BCUT2D eigenvalue weighted by Crippen LogP contribution is -2.54. The minimum atomic E-state index is -0.413. The summed E-state index contributed by atoms with van der Waals surface area (Å²) < 4.78 is 0. The molecule has 3 N–H and O–H groups in total. The third-order valence-electron chi connectivity index (χ3n) is 3.74. The number of likely N-dealkylation sites (N-methyl/N-ethyl adjacent to an activating group) is 1. The van der Waals surface area contributed by atoms with E-state index >= 15 is 0 Å². The van der Waals surface area contributed by atoms with Crippen LogP contribution < -0.4 is 10.6 Å². The van der Waals surface area contributed by atoms with Gasteiger partial charge in [-0.1, -0.05) is 0 Å². The van der Waals surface area contributed by atoms with Gasteiger partial charge in [0.05, 0.1) is 18.7 Å². The lowest BCUT2D eigenvalue weighted by molar-refractivity contribution is -0.135. The fraction of sp³-hybridized carbons (Fsp3) is 0.833. The Hall–Kier alpha value is -1.18. The van der Waals surface area contributed by atoms with Gasteiger partial charge in [0.15, 0.2) is 0 Å². The summed E-state index contributed by atoms with van der Waals surface area (Å²) in [6, 6.07) is -0.250. The van der Waals surface area contributed by atoms with Gasteiger partial charge in [0.1, 0.15) is 0 Å². The second-order valence-electron chi connectivity index (χ2n) is 5.12. The molecule has 2 fully saturated rings. The summed E-state index contributed by atoms with van der Waals surface area (Å²) in [4.78, 5) is 27.3. The average Bonchev–Trinajstić information content (AvgIpc) is 2.85. The van der Waals surface area contributed by atoms with Crippen molar-refractivity contribution in [2.24, 2.45) is 0 Å². The number of piperazine rings is 1. The van der Waals surface area contributed by atoms with Crippen molar-refractivity contribution in [3.63, 3.8) is 0 Å². The molecule has 2 saturated heterocycles. The highest BCUT2D eigenvalue weighted by molar-refractivity contribution is 5.82. The van der Waals surface area contributed by atoms with E-state index in [-0.39, 0.29) is 17.9 Å². The number of nitrogens with one attached hydrogen (secondary N) is 2. The first-order chi connectivity index (χ1) is 9.10. The third-order valence-corrected chi connectivity index (χ3v) is 3.74. The lowest BCUT2D eigenvalue weighted by Gasteiger charge is -2.35. The van der Waals surface area contributed by atoms with E-state index in [1.54, 1.807) is 7.05 Å². The predicted molar refractivity (Wildman–Crippen MR) is 69.5 cm³/mol. The zero-order valence-electron chi connectivity index (χ0n) is 11.3. The Labute approximate surface area is 112 Å². The minimum absolute atomic E-state index is 0.000332. The van der Waals surface area contributed by atoms with E-state index in [0.29, 0.717) is 45.7 Å². The fourth-order valence-electron chi connectivity index (χ4n) is 2.53. The maximum Gasteiger partial charge on any atom is 0.239 e. The van der Waals surface area contributed by atoms with Crippen LogP contribution in [-0.4, -0.2) is 85.2 Å². The van der Waals surface area contributed by atoms with Gasteiger partial charge in [0.2, 0.25) is 11.8 Å². The van der Waals surface area contributed by atoms with Gasteiger partial charge in [-0.05, 0) is 6.42 Å². The quantitative estimate of drug-likeness (QED) is 0.532. The molecule has 2 rings (SSSR count). The monoisotopic (exact) mass is 270 g/mol. The Morgan fingerprint density at radius 3 is 2.53 bits per heavy atom. The SMILES string of the molecule is CNC(=O)CN1CCN(C(=O)C2CC(O)CN2)CC1. The molecular weight excluding hydrogens is 248 g/mol. The van der Waals surface area contributed by atoms with Crippen LogP contribution >= 0.6 is 0 Å². The van der Waals surface area contributed by atoms with Gasteiger partial charge in [0, 0.05) is 39.8 Å². The summed E-state index contributed by atoms with van der Waals surface area (Å²) in [6.07, 6.45) is 0.0839. The van der Waals surface area contributed by atoms with Crippen molar-refractivity contribution in [2.75, 3.05) is 46.3 Å². The van der Waals surface area contributed by atoms with Crippen molar-refractivity contribution < 1.29 is 14.7 Å². The van der Waals surface area contributed by atoms with Gasteiger partial charge in [-0.3, -0.25) is 14.5 Å². The summed E-state index contributed by atoms with van der Waals surface area (Å²) in [5.74, 6) is 0.0662. The molecule has 0 radical (unpaired) electrons. The van der Waals surface area contributed by atoms with E-state index in [1.165, 1.54) is 0 Å². The van der Waals surface area contributed by atoms with Crippen molar-refractivity contribution in [1.82, 2.24) is 20.4 Å². The maximum absolute atomic E-state index is 12.2. The second-order valence-corrected chi connectivity index (χ2v) is 5.12. The number of hydrogen-bond donors (Lipinski definition) is 3. The number of rotatable bonds is 3. The Balaban J connectivity index is 1.76. The fourth-order valence-corrected chi connectivity index (χ4v) is 2.53. The van der Waals surface area contributed by atoms with Gasteiger partial charge < -0.3 is 20.6 Å². The van der Waals surface area contributed by atoms with Crippen LogP contribution in [0, 0.1) is 0 Å². The van der Waals surface area contributed by atoms with Crippen LogP contribution in [0.5, 0.6) is 0 Å². The maximum atomic E-state index is 12.2. The highest BCUT2D eigenvalue weighted by Crippen LogP contribution is 2.11. The molecule has 2 heterocycles. The smallest absolute Gasteiger partial charge is 0.239 e. The largest absolute Gasteiger partial charge is 0.392 e. The van der Waals surface area contributed by atoms with E-state index in [0.717, 1.165) is 0 Å². The van der Waals surface area contributed by atoms with Gasteiger partial charge in [0.25, 0.3) is 0 Å². The molecule has 2 unspecified atom stereocenters. The summed E-state index contributed by atoms with van der Waals surface area (Å²) in [5.41, 5.74) is 0. The van der Waals surface area contributed by atoms with Crippen LogP contribution in [-0.2, 0) is 9.59 Å². The highest BCUT2D eigenvalue weighted by Gasteiger charge is 2.32. The van der Waals surface area contributed by atoms with E-state index < -0.39 is 6.10 Å². The van der Waals surface area contributed by atoms with Crippen LogP contribution in [0.15, 0.2) is 0 Å². The van der Waals surface area contributed by atoms with Gasteiger partial charge >= 0.3 is 0 Å². The normalized spacial score (nSPS) is 28.4. The van der Waals surface area contributed by atoms with Crippen LogP contribution in [0.3, 0.4) is 0 Å². The molecule has 0 aromatic carbocycles. The molecule has 0 bridgehead atoms. The van der Waals surface area contributed by atoms with Crippen molar-refractivity contribution in [1.29, 1.82) is 0 Å². The van der Waals surface area contributed by atoms with E-state index in [2.05, 4.69) is 10.6 Å². The molecule has 2 aliphatic rings. The predicted octanol–water partition coefficient (Wildman–Crippen LogP) is -2.40. The number of aliphatic hydroxyl groups is 1. The van der Waals surface area contributed by atoms with E-state index in [9.17, 15) is 14.7 Å². The van der Waals surface area contributed by atoms with Crippen LogP contribution in [0.25, 0.3) is 0 Å². The standard InChI is InChI=1S/C12H22N4O3/c1-13-11(18)8-15-2-4-16(5-3-15)12(19)10-6-9(17)7-14-10/h9-10,14,17H,2-8H2,1H3,(H,13,18). The van der Waals surface area contributed by atoms with Crippen molar-refractivity contribution in [2.45, 2.75) is 18.6 Å². The molecule has 2 atom stereocenters. The number of nitrogens with zero attached hydrogens (tertiary/aromatic N) is 2. The molecule has 0 aromatic rings. The van der Waals surface area contributed by atoms with Crippen LogP contribution in [0.4, 0.5) is 0 Å². The first-order valence-corrected chi connectivity index (χ1v) is 6.73. The van der Waals surface area contributed by atoms with Gasteiger partial charge in [-0.25, -0.2) is 0 Å². The molecule has 0 spiro atoms. The Kier molecular flexibility index (Phi) is 4.73. The first-order valence-electron chi connectivity index (χ1n) is 6.73. The van der Waals surface area contributed by atoms with Crippen LogP contribution in [0.1, 0.15) is 6.42 Å². The van der Waals surface area contributed by atoms with Crippen LogP contribution in [0.2, 0.25) is 0 Å². The Bertz CT molecular complexity index is 342. The molecule has 2 aliphatic heterocycles. The first kappa shape index (κ1) is 14.2. The number of hydrogen-bond acceptors (Lipinski definition) is 5. The molecule has 0 saturated carbocycles. The molecule has 7 nitrogen and oxygen atoms in total. The molecule has 0 aromatic heterocycles. The highest BCUT2D eigenvalue weighted by atomic mass is 16.3. The third kappa shape index (κ3) is 3.65. The topological polar surface area (TPSA) is 84.9 Å². The van der Waals surface area contributed by atoms with Crippen molar-refractivity contribution in [3.8, 4) is 0 Å². The molecule has 2 amide bonds. The average molecular weight is 270 g/mol. The molecule has 7 heteroatoms. The second kappa shape index (κ2) is 6.31. The Morgan fingerprint density at radius 2 is 2.00 bits per heavy atom. The lowest BCUT2D eigenvalue weighted by atomic mass is 10.1. The molecule has 108 valence electrons. The number of amides is 2. The van der Waals surface area contributed by atoms with E-state index in [1.807, 2.05) is 9.80 Å². The van der Waals surface area contributed by atoms with Crippen molar-refractivity contribution in [3.05, 3.63) is 0 Å². The Morgan fingerprint density at radius 1 is 1.32 bits per heavy atom. The number of carbonyl (C=O) groups excluding carboxylic acids is 2. The summed E-state index contributed by atoms with van der Waals surface area (Å²) in [6.45, 7) is 3.60. The van der Waals surface area contributed by atoms with Crippen molar-refractivity contribution >= 4 is 11.8 Å². The molecule has 19 heavy (non-hydrogen) atoms. The summed E-state index contributed by atoms with van der Waals surface area (Å²) in [5, 5.41) is 15.1. The van der Waals surface area contributed by atoms with E-state index in [4.69, 9.17) is 0 Å². The number of β-amino-alcohol motifs (C(OH)–C–C–N with tert-alkyl or cyclic N) is 1. The summed E-state index contributed by atoms with van der Waals surface area (Å²) in [7, 11) is 1.62. The minimum Gasteiger partial charge on any atom is -0.392 e. The zero-order valence-corrected chi connectivity index (χ0v) is 11.3. The summed E-state index contributed by atoms with van der Waals surface area (Å²) >= 11 is 0. The van der Waals surface area contributed by atoms with Gasteiger partial charge in [-0.15, -0.1) is 0 Å².